The Labute approximate surface area is 140 Å². The van der Waals surface area contributed by atoms with E-state index >= 15 is 0 Å². The van der Waals surface area contributed by atoms with Crippen LogP contribution in [0.5, 0.6) is 0 Å². The summed E-state index contributed by atoms with van der Waals surface area (Å²) in [5.41, 5.74) is 4.17. The van der Waals surface area contributed by atoms with Crippen LogP contribution in [0.2, 0.25) is 0 Å². The molecular weight excluding hydrogens is 324 g/mol. The Morgan fingerprint density at radius 3 is 2.75 bits per heavy atom. The number of nitrogens with zero attached hydrogens (tertiary/aromatic N) is 3. The first kappa shape index (κ1) is 15.1. The van der Waals surface area contributed by atoms with E-state index in [1.54, 1.807) is 22.8 Å². The molecule has 6 nitrogen and oxygen atoms in total. The molecule has 3 aromatic rings. The average Bonchev–Trinajstić information content (AvgIpc) is 3.06. The molecule has 24 heavy (non-hydrogen) atoms. The van der Waals surface area contributed by atoms with Crippen molar-refractivity contribution < 1.29 is 8.42 Å². The van der Waals surface area contributed by atoms with E-state index in [1.807, 2.05) is 19.1 Å². The van der Waals surface area contributed by atoms with Crippen LogP contribution in [0.25, 0.3) is 5.65 Å². The SMILES string of the molecule is Cc1ccn2ncnc2c1NS(=O)(=O)c1ccc2c(c1)CCCC2. The van der Waals surface area contributed by atoms with Gasteiger partial charge in [0.25, 0.3) is 10.0 Å². The van der Waals surface area contributed by atoms with E-state index in [2.05, 4.69) is 14.8 Å². The second-order valence-electron chi connectivity index (χ2n) is 6.15. The van der Waals surface area contributed by atoms with Gasteiger partial charge in [0.1, 0.15) is 6.33 Å². The average molecular weight is 342 g/mol. The zero-order chi connectivity index (χ0) is 16.7. The summed E-state index contributed by atoms with van der Waals surface area (Å²) in [6, 6.07) is 7.24. The van der Waals surface area contributed by atoms with E-state index < -0.39 is 10.0 Å². The van der Waals surface area contributed by atoms with Gasteiger partial charge in [0.15, 0.2) is 5.65 Å². The molecule has 124 valence electrons. The summed E-state index contributed by atoms with van der Waals surface area (Å²) in [7, 11) is -3.67. The third kappa shape index (κ3) is 2.54. The quantitative estimate of drug-likeness (QED) is 0.794. The van der Waals surface area contributed by atoms with Crippen LogP contribution in [0.15, 0.2) is 41.7 Å². The van der Waals surface area contributed by atoms with Crippen molar-refractivity contribution >= 4 is 21.4 Å². The van der Waals surface area contributed by atoms with E-state index in [1.165, 1.54) is 18.3 Å². The smallest absolute Gasteiger partial charge is 0.262 e. The van der Waals surface area contributed by atoms with Gasteiger partial charge >= 0.3 is 0 Å². The maximum atomic E-state index is 12.8. The fraction of sp³-hybridized carbons (Fsp3) is 0.294. The van der Waals surface area contributed by atoms with Gasteiger partial charge in [-0.15, -0.1) is 0 Å². The number of pyridine rings is 1. The largest absolute Gasteiger partial charge is 0.276 e. The van der Waals surface area contributed by atoms with Crippen LogP contribution < -0.4 is 4.72 Å². The molecule has 2 aromatic heterocycles. The van der Waals surface area contributed by atoms with Gasteiger partial charge in [0.2, 0.25) is 0 Å². The monoisotopic (exact) mass is 342 g/mol. The van der Waals surface area contributed by atoms with Gasteiger partial charge in [-0.05, 0) is 67.5 Å². The van der Waals surface area contributed by atoms with Crippen LogP contribution in [0.3, 0.4) is 0 Å². The summed E-state index contributed by atoms with van der Waals surface area (Å²) in [4.78, 5) is 4.45. The number of fused-ring (bicyclic) bond motifs is 2. The second kappa shape index (κ2) is 5.59. The molecule has 1 N–H and O–H groups in total. The number of sulfonamides is 1. The molecule has 0 saturated heterocycles. The molecule has 0 radical (unpaired) electrons. The van der Waals surface area contributed by atoms with Crippen LogP contribution in [0.1, 0.15) is 29.5 Å². The molecule has 0 amide bonds. The third-order valence-corrected chi connectivity index (χ3v) is 5.87. The molecule has 0 fully saturated rings. The maximum absolute atomic E-state index is 12.8. The predicted molar refractivity (Wildman–Crippen MR) is 91.6 cm³/mol. The van der Waals surface area contributed by atoms with Crippen molar-refractivity contribution in [3.8, 4) is 0 Å². The molecule has 0 bridgehead atoms. The van der Waals surface area contributed by atoms with Gasteiger partial charge in [-0.1, -0.05) is 6.07 Å². The van der Waals surface area contributed by atoms with Gasteiger partial charge in [0, 0.05) is 6.20 Å². The number of aryl methyl sites for hydroxylation is 3. The summed E-state index contributed by atoms with van der Waals surface area (Å²) < 4.78 is 29.9. The predicted octanol–water partition coefficient (Wildman–Crippen LogP) is 2.72. The normalized spacial score (nSPS) is 14.5. The van der Waals surface area contributed by atoms with Crippen LogP contribution >= 0.6 is 0 Å². The van der Waals surface area contributed by atoms with Crippen molar-refractivity contribution in [2.24, 2.45) is 0 Å². The van der Waals surface area contributed by atoms with E-state index in [0.717, 1.165) is 30.4 Å². The highest BCUT2D eigenvalue weighted by molar-refractivity contribution is 7.92. The molecule has 1 aliphatic carbocycles. The lowest BCUT2D eigenvalue weighted by Gasteiger charge is -2.17. The molecule has 0 spiro atoms. The maximum Gasteiger partial charge on any atom is 0.262 e. The lowest BCUT2D eigenvalue weighted by atomic mass is 9.92. The Kier molecular flexibility index (Phi) is 3.53. The third-order valence-electron chi connectivity index (χ3n) is 4.52. The molecule has 2 heterocycles. The van der Waals surface area contributed by atoms with Crippen molar-refractivity contribution in [2.75, 3.05) is 4.72 Å². The first-order valence-corrected chi connectivity index (χ1v) is 9.46. The minimum atomic E-state index is -3.67. The Morgan fingerprint density at radius 2 is 1.92 bits per heavy atom. The van der Waals surface area contributed by atoms with Crippen molar-refractivity contribution in [1.82, 2.24) is 14.6 Å². The molecule has 0 atom stereocenters. The highest BCUT2D eigenvalue weighted by Crippen LogP contribution is 2.27. The van der Waals surface area contributed by atoms with Crippen molar-refractivity contribution in [3.05, 3.63) is 53.5 Å². The second-order valence-corrected chi connectivity index (χ2v) is 7.83. The molecule has 0 saturated carbocycles. The van der Waals surface area contributed by atoms with Crippen LogP contribution in [0, 0.1) is 6.92 Å². The fourth-order valence-electron chi connectivity index (χ4n) is 3.18. The standard InChI is InChI=1S/C17H18N4O2S/c1-12-8-9-21-17(18-11-19-21)16(12)20-24(22,23)15-7-6-13-4-2-3-5-14(13)10-15/h6-11,20H,2-5H2,1H3. The summed E-state index contributed by atoms with van der Waals surface area (Å²) in [5.74, 6) is 0. The molecule has 0 aliphatic heterocycles. The van der Waals surface area contributed by atoms with E-state index in [9.17, 15) is 8.42 Å². The van der Waals surface area contributed by atoms with E-state index in [-0.39, 0.29) is 0 Å². The number of hydrogen-bond donors (Lipinski definition) is 1. The van der Waals surface area contributed by atoms with Crippen LogP contribution in [0.4, 0.5) is 5.69 Å². The van der Waals surface area contributed by atoms with Gasteiger partial charge in [0.05, 0.1) is 10.6 Å². The number of anilines is 1. The zero-order valence-electron chi connectivity index (χ0n) is 13.4. The Balaban J connectivity index is 1.75. The summed E-state index contributed by atoms with van der Waals surface area (Å²) in [6.07, 6.45) is 7.42. The summed E-state index contributed by atoms with van der Waals surface area (Å²) in [6.45, 7) is 1.85. The van der Waals surface area contributed by atoms with Crippen LogP contribution in [-0.4, -0.2) is 23.0 Å². The fourth-order valence-corrected chi connectivity index (χ4v) is 4.36. The van der Waals surface area contributed by atoms with Gasteiger partial charge in [-0.25, -0.2) is 17.9 Å². The molecule has 0 unspecified atom stereocenters. The Bertz CT molecular complexity index is 1020. The molecule has 7 heteroatoms. The number of aromatic nitrogens is 3. The number of nitrogens with one attached hydrogen (secondary N) is 1. The molecular formula is C17H18N4O2S. The lowest BCUT2D eigenvalue weighted by molar-refractivity contribution is 0.600. The summed E-state index contributed by atoms with van der Waals surface area (Å²) >= 11 is 0. The van der Waals surface area contributed by atoms with Gasteiger partial charge < -0.3 is 0 Å². The molecule has 1 aromatic carbocycles. The molecule has 1 aliphatic rings. The number of rotatable bonds is 3. The lowest BCUT2D eigenvalue weighted by Crippen LogP contribution is -2.16. The minimum absolute atomic E-state index is 0.295. The topological polar surface area (TPSA) is 76.4 Å². The van der Waals surface area contributed by atoms with Crippen molar-refractivity contribution in [3.63, 3.8) is 0 Å². The highest BCUT2D eigenvalue weighted by atomic mass is 32.2. The highest BCUT2D eigenvalue weighted by Gasteiger charge is 2.20. The minimum Gasteiger partial charge on any atom is -0.276 e. The molecule has 4 rings (SSSR count). The Hall–Kier alpha value is -2.41. The van der Waals surface area contributed by atoms with E-state index in [0.29, 0.717) is 16.2 Å². The van der Waals surface area contributed by atoms with E-state index in [4.69, 9.17) is 0 Å². The van der Waals surface area contributed by atoms with Crippen molar-refractivity contribution in [1.29, 1.82) is 0 Å². The van der Waals surface area contributed by atoms with Crippen LogP contribution in [-0.2, 0) is 22.9 Å². The number of benzene rings is 1. The first-order chi connectivity index (χ1) is 11.5. The first-order valence-electron chi connectivity index (χ1n) is 7.98. The van der Waals surface area contributed by atoms with Crippen molar-refractivity contribution in [2.45, 2.75) is 37.5 Å². The number of hydrogen-bond acceptors (Lipinski definition) is 4. The van der Waals surface area contributed by atoms with Gasteiger partial charge in [-0.3, -0.25) is 4.72 Å². The zero-order valence-corrected chi connectivity index (χ0v) is 14.2. The van der Waals surface area contributed by atoms with Gasteiger partial charge in [-0.2, -0.15) is 5.10 Å². The Morgan fingerprint density at radius 1 is 1.12 bits per heavy atom. The summed E-state index contributed by atoms with van der Waals surface area (Å²) in [5, 5.41) is 4.05.